The van der Waals surface area contributed by atoms with E-state index >= 15 is 0 Å². The molecule has 1 aliphatic rings. The van der Waals surface area contributed by atoms with Crippen LogP contribution in [0.3, 0.4) is 0 Å². The number of sulfone groups is 1. The first-order valence-electron chi connectivity index (χ1n) is 7.01. The van der Waals surface area contributed by atoms with Gasteiger partial charge in [0.05, 0.1) is 23.9 Å². The number of furan rings is 1. The molecule has 3 rings (SSSR count). The average molecular weight is 354 g/mol. The first kappa shape index (κ1) is 16.3. The molecule has 0 saturated carbocycles. The summed E-state index contributed by atoms with van der Waals surface area (Å²) < 4.78 is 28.2. The maximum atomic E-state index is 12.1. The van der Waals surface area contributed by atoms with Gasteiger partial charge in [-0.05, 0) is 6.07 Å². The van der Waals surface area contributed by atoms with Crippen molar-refractivity contribution in [1.29, 1.82) is 0 Å². The average Bonchev–Trinajstić information content (AvgIpc) is 2.95. The van der Waals surface area contributed by atoms with E-state index in [4.69, 9.17) is 4.42 Å². The van der Waals surface area contributed by atoms with Gasteiger partial charge < -0.3 is 4.42 Å². The number of nitro groups is 1. The van der Waals surface area contributed by atoms with Crippen LogP contribution >= 0.6 is 0 Å². The quantitative estimate of drug-likeness (QED) is 0.467. The van der Waals surface area contributed by atoms with Gasteiger partial charge in [-0.3, -0.25) is 24.8 Å². The van der Waals surface area contributed by atoms with Gasteiger partial charge in [0, 0.05) is 25.8 Å². The SMILES string of the molecule is CS(=O)(=O)c1nc2c(c(=O)[nH]1)CN(Cc1ccc([N+](=O)[O-])o1)CC2. The summed E-state index contributed by atoms with van der Waals surface area (Å²) in [6.07, 6.45) is 1.39. The molecule has 0 aliphatic carbocycles. The van der Waals surface area contributed by atoms with Crippen molar-refractivity contribution < 1.29 is 17.8 Å². The third-order valence-electron chi connectivity index (χ3n) is 3.68. The molecule has 0 bridgehead atoms. The number of hydrogen-bond donors (Lipinski definition) is 1. The Bertz CT molecular complexity index is 961. The fraction of sp³-hybridized carbons (Fsp3) is 0.385. The summed E-state index contributed by atoms with van der Waals surface area (Å²) in [6.45, 7) is 1.10. The van der Waals surface area contributed by atoms with Crippen LogP contribution in [0.5, 0.6) is 0 Å². The van der Waals surface area contributed by atoms with Gasteiger partial charge >= 0.3 is 5.88 Å². The van der Waals surface area contributed by atoms with E-state index in [1.807, 2.05) is 4.90 Å². The molecule has 0 atom stereocenters. The van der Waals surface area contributed by atoms with Crippen LogP contribution in [0.2, 0.25) is 0 Å². The van der Waals surface area contributed by atoms with Crippen LogP contribution in [0.15, 0.2) is 26.5 Å². The molecule has 2 aromatic rings. The van der Waals surface area contributed by atoms with Gasteiger partial charge in [-0.25, -0.2) is 13.4 Å². The molecule has 0 unspecified atom stereocenters. The van der Waals surface area contributed by atoms with Gasteiger partial charge in [0.25, 0.3) is 5.56 Å². The Morgan fingerprint density at radius 3 is 2.83 bits per heavy atom. The minimum atomic E-state index is -3.59. The maximum Gasteiger partial charge on any atom is 0.433 e. The molecule has 0 aromatic carbocycles. The minimum absolute atomic E-state index is 0.260. The number of aromatic nitrogens is 2. The fourth-order valence-corrected chi connectivity index (χ4v) is 3.09. The number of H-pyrrole nitrogens is 1. The van der Waals surface area contributed by atoms with Crippen LogP contribution in [0.25, 0.3) is 0 Å². The predicted octanol–water partition coefficient (Wildman–Crippen LogP) is 0.233. The Balaban J connectivity index is 1.81. The van der Waals surface area contributed by atoms with Gasteiger partial charge in [-0.2, -0.15) is 0 Å². The molecule has 0 fully saturated rings. The highest BCUT2D eigenvalue weighted by molar-refractivity contribution is 7.90. The Morgan fingerprint density at radius 2 is 2.21 bits per heavy atom. The van der Waals surface area contributed by atoms with Gasteiger partial charge in [0.15, 0.2) is 0 Å². The summed E-state index contributed by atoms with van der Waals surface area (Å²) in [5.41, 5.74) is 0.367. The third-order valence-corrected chi connectivity index (χ3v) is 4.58. The Hall–Kier alpha value is -2.53. The Kier molecular flexibility index (Phi) is 3.97. The van der Waals surface area contributed by atoms with Crippen LogP contribution < -0.4 is 5.56 Å². The second kappa shape index (κ2) is 5.83. The van der Waals surface area contributed by atoms with E-state index in [1.165, 1.54) is 12.1 Å². The molecule has 10 nitrogen and oxygen atoms in total. The molecule has 1 aliphatic heterocycles. The highest BCUT2D eigenvalue weighted by Crippen LogP contribution is 2.21. The molecule has 3 heterocycles. The summed E-state index contributed by atoms with van der Waals surface area (Å²) >= 11 is 0. The van der Waals surface area contributed by atoms with Crippen molar-refractivity contribution in [2.75, 3.05) is 12.8 Å². The standard InChI is InChI=1S/C13H14N4O6S/c1-24(21,22)13-14-10-4-5-16(7-9(10)12(18)15-13)6-8-2-3-11(23-8)17(19)20/h2-3H,4-7H2,1H3,(H,14,15,18). The van der Waals surface area contributed by atoms with Crippen molar-refractivity contribution >= 4 is 15.7 Å². The van der Waals surface area contributed by atoms with Crippen LogP contribution in [-0.4, -0.2) is 41.0 Å². The first-order chi connectivity index (χ1) is 11.2. The zero-order valence-corrected chi connectivity index (χ0v) is 13.5. The highest BCUT2D eigenvalue weighted by atomic mass is 32.2. The van der Waals surface area contributed by atoms with Gasteiger partial charge in [-0.1, -0.05) is 0 Å². The van der Waals surface area contributed by atoms with Crippen LogP contribution in [-0.2, 0) is 29.3 Å². The molecule has 0 radical (unpaired) electrons. The number of hydrogen-bond acceptors (Lipinski definition) is 8. The number of aromatic amines is 1. The molecule has 0 saturated heterocycles. The number of nitrogens with zero attached hydrogens (tertiary/aromatic N) is 3. The summed E-state index contributed by atoms with van der Waals surface area (Å²) in [5, 5.41) is 10.3. The second-order valence-corrected chi connectivity index (χ2v) is 7.46. The first-order valence-corrected chi connectivity index (χ1v) is 8.91. The van der Waals surface area contributed by atoms with Gasteiger partial charge in [-0.15, -0.1) is 0 Å². The maximum absolute atomic E-state index is 12.1. The van der Waals surface area contributed by atoms with E-state index in [9.17, 15) is 23.3 Å². The van der Waals surface area contributed by atoms with E-state index in [-0.39, 0.29) is 17.6 Å². The molecule has 24 heavy (non-hydrogen) atoms. The third kappa shape index (κ3) is 3.21. The van der Waals surface area contributed by atoms with Crippen LogP contribution in [0.1, 0.15) is 17.0 Å². The molecular weight excluding hydrogens is 340 g/mol. The zero-order chi connectivity index (χ0) is 17.5. The van der Waals surface area contributed by atoms with Crippen molar-refractivity contribution in [2.45, 2.75) is 24.7 Å². The lowest BCUT2D eigenvalue weighted by molar-refractivity contribution is -0.402. The zero-order valence-electron chi connectivity index (χ0n) is 12.7. The van der Waals surface area contributed by atoms with Gasteiger partial charge in [0.2, 0.25) is 15.0 Å². The molecular formula is C13H14N4O6S. The lowest BCUT2D eigenvalue weighted by Gasteiger charge is -2.26. The summed E-state index contributed by atoms with van der Waals surface area (Å²) in [6, 6.07) is 2.79. The molecule has 2 aromatic heterocycles. The van der Waals surface area contributed by atoms with Crippen LogP contribution in [0.4, 0.5) is 5.88 Å². The monoisotopic (exact) mass is 354 g/mol. The van der Waals surface area contributed by atoms with E-state index in [0.717, 1.165) is 6.26 Å². The lowest BCUT2D eigenvalue weighted by atomic mass is 10.1. The molecule has 11 heteroatoms. The minimum Gasteiger partial charge on any atom is -0.404 e. The van der Waals surface area contributed by atoms with Crippen molar-refractivity contribution in [3.8, 4) is 0 Å². The highest BCUT2D eigenvalue weighted by Gasteiger charge is 2.24. The van der Waals surface area contributed by atoms with E-state index in [1.54, 1.807) is 0 Å². The van der Waals surface area contributed by atoms with Crippen molar-refractivity contribution in [2.24, 2.45) is 0 Å². The van der Waals surface area contributed by atoms with Crippen molar-refractivity contribution in [3.63, 3.8) is 0 Å². The van der Waals surface area contributed by atoms with Gasteiger partial charge in [0.1, 0.15) is 10.7 Å². The summed E-state index contributed by atoms with van der Waals surface area (Å²) in [4.78, 5) is 30.3. The molecule has 0 spiro atoms. The van der Waals surface area contributed by atoms with Crippen molar-refractivity contribution in [3.05, 3.63) is 49.6 Å². The van der Waals surface area contributed by atoms with E-state index in [0.29, 0.717) is 36.5 Å². The molecule has 1 N–H and O–H groups in total. The Morgan fingerprint density at radius 1 is 1.46 bits per heavy atom. The normalized spacial score (nSPS) is 15.2. The largest absolute Gasteiger partial charge is 0.433 e. The molecule has 128 valence electrons. The van der Waals surface area contributed by atoms with E-state index < -0.39 is 20.3 Å². The number of nitrogens with one attached hydrogen (secondary N) is 1. The lowest BCUT2D eigenvalue weighted by Crippen LogP contribution is -2.36. The second-order valence-electron chi connectivity index (χ2n) is 5.53. The van der Waals surface area contributed by atoms with Crippen LogP contribution in [0, 0.1) is 10.1 Å². The predicted molar refractivity (Wildman–Crippen MR) is 81.1 cm³/mol. The number of fused-ring (bicyclic) bond motifs is 1. The van der Waals surface area contributed by atoms with Crippen molar-refractivity contribution in [1.82, 2.24) is 14.9 Å². The Labute approximate surface area is 136 Å². The number of rotatable bonds is 4. The fourth-order valence-electron chi connectivity index (χ4n) is 2.54. The molecule has 0 amide bonds. The summed E-state index contributed by atoms with van der Waals surface area (Å²) in [7, 11) is -3.59. The van der Waals surface area contributed by atoms with E-state index in [2.05, 4.69) is 9.97 Å². The summed E-state index contributed by atoms with van der Waals surface area (Å²) in [5.74, 6) is 0.0852. The smallest absolute Gasteiger partial charge is 0.404 e. The topological polar surface area (TPSA) is 139 Å².